The molecule has 0 atom stereocenters. The van der Waals surface area contributed by atoms with Crippen molar-refractivity contribution in [3.8, 4) is 5.75 Å². The molecule has 1 rings (SSSR count). The number of halogens is 2. The number of ether oxygens (including phenoxy) is 1. The number of hydrogen-bond donors (Lipinski definition) is 1. The Morgan fingerprint density at radius 2 is 2.10 bits per heavy atom. The lowest BCUT2D eigenvalue weighted by Gasteiger charge is -2.19. The van der Waals surface area contributed by atoms with Crippen molar-refractivity contribution in [2.45, 2.75) is 13.8 Å². The molecule has 0 aromatic heterocycles. The molecular weight excluding hydrogens is 358 g/mol. The van der Waals surface area contributed by atoms with Crippen molar-refractivity contribution >= 4 is 39.6 Å². The molecule has 4 nitrogen and oxygen atoms in total. The maximum Gasteiger partial charge on any atom is 0.328 e. The Hall–Kier alpha value is -1.04. The molecule has 0 amide bonds. The summed E-state index contributed by atoms with van der Waals surface area (Å²) in [6.07, 6.45) is 2.54. The van der Waals surface area contributed by atoms with Gasteiger partial charge in [-0.15, -0.1) is 0 Å². The van der Waals surface area contributed by atoms with Gasteiger partial charge in [0.05, 0.1) is 4.47 Å². The molecule has 0 aliphatic carbocycles. The smallest absolute Gasteiger partial charge is 0.328 e. The molecule has 1 aromatic rings. The highest BCUT2D eigenvalue weighted by Crippen LogP contribution is 2.33. The average Bonchev–Trinajstić information content (AvgIpc) is 2.43. The van der Waals surface area contributed by atoms with Crippen LogP contribution in [0.25, 0.3) is 6.08 Å². The first-order valence-corrected chi connectivity index (χ1v) is 7.90. The zero-order valence-corrected chi connectivity index (χ0v) is 14.4. The van der Waals surface area contributed by atoms with Crippen LogP contribution in [0, 0.1) is 0 Å². The third-order valence-corrected chi connectivity index (χ3v) is 3.80. The third kappa shape index (κ3) is 6.08. The second-order valence-corrected chi connectivity index (χ2v) is 5.64. The predicted molar refractivity (Wildman–Crippen MR) is 89.1 cm³/mol. The van der Waals surface area contributed by atoms with E-state index in [0.717, 1.165) is 25.7 Å². The van der Waals surface area contributed by atoms with E-state index in [9.17, 15) is 4.79 Å². The number of carboxylic acid groups (broad SMARTS) is 1. The summed E-state index contributed by atoms with van der Waals surface area (Å²) in [6.45, 7) is 7.46. The van der Waals surface area contributed by atoms with Crippen LogP contribution in [0.4, 0.5) is 0 Å². The SMILES string of the molecule is CCN(CC)CCOc1c(Br)cc(Cl)cc1C=CC(=O)O. The van der Waals surface area contributed by atoms with Crippen molar-refractivity contribution in [3.63, 3.8) is 0 Å². The summed E-state index contributed by atoms with van der Waals surface area (Å²) in [6, 6.07) is 3.41. The summed E-state index contributed by atoms with van der Waals surface area (Å²) in [5.74, 6) is -0.413. The van der Waals surface area contributed by atoms with E-state index in [1.54, 1.807) is 12.1 Å². The molecule has 0 aliphatic heterocycles. The van der Waals surface area contributed by atoms with E-state index in [1.807, 2.05) is 0 Å². The number of carboxylic acids is 1. The number of benzene rings is 1. The Labute approximate surface area is 138 Å². The van der Waals surface area contributed by atoms with Crippen LogP contribution in [-0.4, -0.2) is 42.2 Å². The minimum absolute atomic E-state index is 0.517. The van der Waals surface area contributed by atoms with Crippen LogP contribution in [0.5, 0.6) is 5.75 Å². The summed E-state index contributed by atoms with van der Waals surface area (Å²) in [4.78, 5) is 12.9. The Balaban J connectivity index is 2.86. The van der Waals surface area contributed by atoms with Crippen molar-refractivity contribution in [1.82, 2.24) is 4.90 Å². The molecule has 0 aliphatic rings. The first kappa shape index (κ1) is 18.0. The molecule has 0 radical (unpaired) electrons. The van der Waals surface area contributed by atoms with E-state index in [1.165, 1.54) is 6.08 Å². The zero-order valence-electron chi connectivity index (χ0n) is 12.1. The maximum atomic E-state index is 10.7. The molecule has 0 unspecified atom stereocenters. The number of hydrogen-bond acceptors (Lipinski definition) is 3. The van der Waals surface area contributed by atoms with E-state index in [2.05, 4.69) is 34.7 Å². The molecule has 0 spiro atoms. The fourth-order valence-corrected chi connectivity index (χ4v) is 2.78. The summed E-state index contributed by atoms with van der Waals surface area (Å²) in [5, 5.41) is 9.25. The molecule has 21 heavy (non-hydrogen) atoms. The minimum Gasteiger partial charge on any atom is -0.490 e. The van der Waals surface area contributed by atoms with Crippen LogP contribution >= 0.6 is 27.5 Å². The number of aliphatic carboxylic acids is 1. The molecule has 0 fully saturated rings. The van der Waals surface area contributed by atoms with E-state index >= 15 is 0 Å². The highest BCUT2D eigenvalue weighted by molar-refractivity contribution is 9.10. The van der Waals surface area contributed by atoms with E-state index in [4.69, 9.17) is 21.4 Å². The van der Waals surface area contributed by atoms with Gasteiger partial charge in [-0.05, 0) is 47.2 Å². The van der Waals surface area contributed by atoms with Gasteiger partial charge in [-0.25, -0.2) is 4.79 Å². The lowest BCUT2D eigenvalue weighted by molar-refractivity contribution is -0.131. The fourth-order valence-electron chi connectivity index (χ4n) is 1.83. The molecule has 1 N–H and O–H groups in total. The predicted octanol–water partition coefficient (Wildman–Crippen LogP) is 3.92. The Morgan fingerprint density at radius 1 is 1.43 bits per heavy atom. The largest absolute Gasteiger partial charge is 0.490 e. The average molecular weight is 377 g/mol. The van der Waals surface area contributed by atoms with Crippen molar-refractivity contribution in [2.75, 3.05) is 26.2 Å². The lowest BCUT2D eigenvalue weighted by Crippen LogP contribution is -2.28. The molecule has 6 heteroatoms. The second kappa shape index (κ2) is 9.07. The van der Waals surface area contributed by atoms with Crippen molar-refractivity contribution in [3.05, 3.63) is 33.3 Å². The van der Waals surface area contributed by atoms with Crippen LogP contribution in [-0.2, 0) is 4.79 Å². The van der Waals surface area contributed by atoms with E-state index in [0.29, 0.717) is 27.4 Å². The molecule has 0 bridgehead atoms. The molecule has 0 saturated heterocycles. The van der Waals surface area contributed by atoms with Crippen LogP contribution in [0.15, 0.2) is 22.7 Å². The van der Waals surface area contributed by atoms with Gasteiger partial charge in [-0.3, -0.25) is 0 Å². The van der Waals surface area contributed by atoms with Gasteiger partial charge in [0.25, 0.3) is 0 Å². The maximum absolute atomic E-state index is 10.7. The Kier molecular flexibility index (Phi) is 7.78. The summed E-state index contributed by atoms with van der Waals surface area (Å²) < 4.78 is 6.51. The van der Waals surface area contributed by atoms with Crippen LogP contribution < -0.4 is 4.74 Å². The molecular formula is C15H19BrClNO3. The molecule has 0 heterocycles. The first-order valence-electron chi connectivity index (χ1n) is 6.73. The number of nitrogens with zero attached hydrogens (tertiary/aromatic N) is 1. The van der Waals surface area contributed by atoms with Gasteiger partial charge in [0.2, 0.25) is 0 Å². The summed E-state index contributed by atoms with van der Waals surface area (Å²) in [5.41, 5.74) is 0.635. The standard InChI is InChI=1S/C15H19BrClNO3/c1-3-18(4-2)7-8-21-15-11(5-6-14(19)20)9-12(17)10-13(15)16/h5-6,9-10H,3-4,7-8H2,1-2H3,(H,19,20). The Bertz CT molecular complexity index is 516. The van der Waals surface area contributed by atoms with Gasteiger partial charge in [0, 0.05) is 23.2 Å². The quantitative estimate of drug-likeness (QED) is 0.699. The number of carbonyl (C=O) groups is 1. The fraction of sp³-hybridized carbons (Fsp3) is 0.400. The molecule has 116 valence electrons. The number of likely N-dealkylation sites (N-methyl/N-ethyl adjacent to an activating group) is 1. The highest BCUT2D eigenvalue weighted by Gasteiger charge is 2.10. The van der Waals surface area contributed by atoms with Crippen LogP contribution in [0.3, 0.4) is 0 Å². The summed E-state index contributed by atoms with van der Waals surface area (Å²) in [7, 11) is 0. The van der Waals surface area contributed by atoms with Gasteiger partial charge in [0.1, 0.15) is 12.4 Å². The summed E-state index contributed by atoms with van der Waals surface area (Å²) >= 11 is 9.39. The lowest BCUT2D eigenvalue weighted by atomic mass is 10.2. The van der Waals surface area contributed by atoms with Gasteiger partial charge >= 0.3 is 5.97 Å². The van der Waals surface area contributed by atoms with Crippen molar-refractivity contribution in [2.24, 2.45) is 0 Å². The van der Waals surface area contributed by atoms with Crippen molar-refractivity contribution < 1.29 is 14.6 Å². The molecule has 0 saturated carbocycles. The zero-order chi connectivity index (χ0) is 15.8. The topological polar surface area (TPSA) is 49.8 Å². The monoisotopic (exact) mass is 375 g/mol. The van der Waals surface area contributed by atoms with Gasteiger partial charge in [-0.1, -0.05) is 25.4 Å². The van der Waals surface area contributed by atoms with Gasteiger partial charge < -0.3 is 14.7 Å². The highest BCUT2D eigenvalue weighted by atomic mass is 79.9. The third-order valence-electron chi connectivity index (χ3n) is 2.99. The van der Waals surface area contributed by atoms with E-state index < -0.39 is 5.97 Å². The van der Waals surface area contributed by atoms with E-state index in [-0.39, 0.29) is 0 Å². The van der Waals surface area contributed by atoms with Crippen LogP contribution in [0.2, 0.25) is 5.02 Å². The van der Waals surface area contributed by atoms with Gasteiger partial charge in [0.15, 0.2) is 0 Å². The van der Waals surface area contributed by atoms with Gasteiger partial charge in [-0.2, -0.15) is 0 Å². The van der Waals surface area contributed by atoms with Crippen LogP contribution in [0.1, 0.15) is 19.4 Å². The Morgan fingerprint density at radius 3 is 2.67 bits per heavy atom. The van der Waals surface area contributed by atoms with Crippen molar-refractivity contribution in [1.29, 1.82) is 0 Å². The first-order chi connectivity index (χ1) is 9.97. The second-order valence-electron chi connectivity index (χ2n) is 4.35. The number of rotatable bonds is 8. The minimum atomic E-state index is -1.01. The normalized spacial score (nSPS) is 11.3. The molecule has 1 aromatic carbocycles.